The molecule has 2 heterocycles. The van der Waals surface area contributed by atoms with Crippen molar-refractivity contribution in [2.24, 2.45) is 0 Å². The fourth-order valence-corrected chi connectivity index (χ4v) is 2.39. The lowest BCUT2D eigenvalue weighted by atomic mass is 10.0. The zero-order valence-corrected chi connectivity index (χ0v) is 13.6. The Hall–Kier alpha value is -2.90. The monoisotopic (exact) mass is 348 g/mol. The van der Waals surface area contributed by atoms with E-state index in [1.54, 1.807) is 26.2 Å². The number of hydrogen-bond donors (Lipinski definition) is 0. The summed E-state index contributed by atoms with van der Waals surface area (Å²) in [6, 6.07) is 6.73. The first-order valence-electron chi connectivity index (χ1n) is 7.45. The van der Waals surface area contributed by atoms with Gasteiger partial charge in [0.05, 0.1) is 17.3 Å². The van der Waals surface area contributed by atoms with E-state index in [-0.39, 0.29) is 12.5 Å². The number of likely N-dealkylation sites (N-methyl/N-ethyl adjacent to an activating group) is 1. The van der Waals surface area contributed by atoms with Crippen LogP contribution in [-0.2, 0) is 17.5 Å². The van der Waals surface area contributed by atoms with E-state index in [0.29, 0.717) is 22.2 Å². The summed E-state index contributed by atoms with van der Waals surface area (Å²) in [4.78, 5) is 17.6. The molecule has 2 aromatic heterocycles. The second-order valence-corrected chi connectivity index (χ2v) is 5.80. The number of pyridine rings is 1. The van der Waals surface area contributed by atoms with E-state index in [1.165, 1.54) is 28.0 Å². The summed E-state index contributed by atoms with van der Waals surface area (Å²) in [7, 11) is 3.28. The third kappa shape index (κ3) is 3.47. The second-order valence-electron chi connectivity index (χ2n) is 5.80. The van der Waals surface area contributed by atoms with Gasteiger partial charge in [0, 0.05) is 25.9 Å². The molecule has 0 bridgehead atoms. The predicted octanol–water partition coefficient (Wildman–Crippen LogP) is 3.21. The highest BCUT2D eigenvalue weighted by atomic mass is 19.4. The number of carbonyl (C=O) groups is 1. The maximum atomic E-state index is 12.9. The Balaban J connectivity index is 2.02. The highest BCUT2D eigenvalue weighted by molar-refractivity contribution is 5.83. The van der Waals surface area contributed by atoms with Crippen molar-refractivity contribution in [2.75, 3.05) is 14.1 Å². The Morgan fingerprint density at radius 2 is 1.92 bits per heavy atom. The SMILES string of the molecule is CN(C)C(=O)Cn1ncc2ncc(-c3cccc(C(F)(F)F)c3)cc21. The molecule has 3 aromatic rings. The zero-order chi connectivity index (χ0) is 18.2. The van der Waals surface area contributed by atoms with E-state index in [0.717, 1.165) is 12.1 Å². The van der Waals surface area contributed by atoms with Crippen LogP contribution >= 0.6 is 0 Å². The van der Waals surface area contributed by atoms with Crippen LogP contribution in [0.1, 0.15) is 5.56 Å². The molecular formula is C17H15F3N4O. The minimum Gasteiger partial charge on any atom is -0.347 e. The Morgan fingerprint density at radius 1 is 1.16 bits per heavy atom. The molecule has 0 aliphatic heterocycles. The van der Waals surface area contributed by atoms with E-state index < -0.39 is 11.7 Å². The number of nitrogens with zero attached hydrogens (tertiary/aromatic N) is 4. The molecule has 25 heavy (non-hydrogen) atoms. The maximum absolute atomic E-state index is 12.9. The first-order valence-corrected chi connectivity index (χ1v) is 7.45. The van der Waals surface area contributed by atoms with Gasteiger partial charge >= 0.3 is 6.18 Å². The van der Waals surface area contributed by atoms with Gasteiger partial charge in [-0.05, 0) is 23.8 Å². The lowest BCUT2D eigenvalue weighted by Gasteiger charge is -2.11. The fraction of sp³-hybridized carbons (Fsp3) is 0.235. The van der Waals surface area contributed by atoms with Crippen molar-refractivity contribution in [1.82, 2.24) is 19.7 Å². The molecule has 0 radical (unpaired) electrons. The molecular weight excluding hydrogens is 333 g/mol. The molecule has 0 saturated carbocycles. The predicted molar refractivity (Wildman–Crippen MR) is 86.7 cm³/mol. The van der Waals surface area contributed by atoms with Crippen molar-refractivity contribution in [2.45, 2.75) is 12.7 Å². The average molecular weight is 348 g/mol. The molecule has 1 amide bonds. The van der Waals surface area contributed by atoms with Crippen molar-refractivity contribution >= 4 is 16.9 Å². The van der Waals surface area contributed by atoms with Gasteiger partial charge in [0.1, 0.15) is 12.1 Å². The maximum Gasteiger partial charge on any atom is 0.416 e. The quantitative estimate of drug-likeness (QED) is 0.730. The van der Waals surface area contributed by atoms with Crippen LogP contribution in [-0.4, -0.2) is 39.7 Å². The number of rotatable bonds is 3. The van der Waals surface area contributed by atoms with Crippen LogP contribution in [0.15, 0.2) is 42.7 Å². The Morgan fingerprint density at radius 3 is 2.60 bits per heavy atom. The van der Waals surface area contributed by atoms with E-state index in [4.69, 9.17) is 0 Å². The van der Waals surface area contributed by atoms with Crippen molar-refractivity contribution < 1.29 is 18.0 Å². The number of amides is 1. The van der Waals surface area contributed by atoms with Gasteiger partial charge in [-0.3, -0.25) is 14.5 Å². The molecule has 0 spiro atoms. The van der Waals surface area contributed by atoms with Crippen LogP contribution in [0.4, 0.5) is 13.2 Å². The van der Waals surface area contributed by atoms with Crippen LogP contribution < -0.4 is 0 Å². The summed E-state index contributed by atoms with van der Waals surface area (Å²) < 4.78 is 40.2. The van der Waals surface area contributed by atoms with Crippen molar-refractivity contribution in [3.8, 4) is 11.1 Å². The van der Waals surface area contributed by atoms with Gasteiger partial charge in [0.25, 0.3) is 0 Å². The summed E-state index contributed by atoms with van der Waals surface area (Å²) in [6.45, 7) is 0.0320. The first kappa shape index (κ1) is 16.9. The highest BCUT2D eigenvalue weighted by Gasteiger charge is 2.30. The average Bonchev–Trinajstić information content (AvgIpc) is 2.96. The molecule has 1 aromatic carbocycles. The van der Waals surface area contributed by atoms with Crippen molar-refractivity contribution in [3.05, 3.63) is 48.3 Å². The summed E-state index contributed by atoms with van der Waals surface area (Å²) in [5.74, 6) is -0.144. The van der Waals surface area contributed by atoms with Gasteiger partial charge in [0.2, 0.25) is 5.91 Å². The fourth-order valence-electron chi connectivity index (χ4n) is 2.39. The number of alkyl halides is 3. The Labute approximate surface area is 141 Å². The minimum atomic E-state index is -4.41. The van der Waals surface area contributed by atoms with Crippen LogP contribution in [0, 0.1) is 0 Å². The van der Waals surface area contributed by atoms with Gasteiger partial charge in [-0.25, -0.2) is 0 Å². The number of hydrogen-bond acceptors (Lipinski definition) is 3. The van der Waals surface area contributed by atoms with E-state index in [2.05, 4.69) is 10.1 Å². The van der Waals surface area contributed by atoms with E-state index in [9.17, 15) is 18.0 Å². The standard InChI is InChI=1S/C17H15F3N4O/c1-23(2)16(25)10-24-15-7-12(8-21-14(15)9-22-24)11-4-3-5-13(6-11)17(18,19)20/h3-9H,10H2,1-2H3. The molecule has 0 N–H and O–H groups in total. The van der Waals surface area contributed by atoms with Crippen LogP contribution in [0.5, 0.6) is 0 Å². The molecule has 130 valence electrons. The molecule has 3 rings (SSSR count). The molecule has 8 heteroatoms. The van der Waals surface area contributed by atoms with Crippen LogP contribution in [0.25, 0.3) is 22.2 Å². The number of aromatic nitrogens is 3. The lowest BCUT2D eigenvalue weighted by Crippen LogP contribution is -2.26. The molecule has 0 aliphatic carbocycles. The Bertz CT molecular complexity index is 931. The smallest absolute Gasteiger partial charge is 0.347 e. The first-order chi connectivity index (χ1) is 11.8. The second kappa shape index (κ2) is 6.19. The zero-order valence-electron chi connectivity index (χ0n) is 13.6. The molecule has 0 unspecified atom stereocenters. The highest BCUT2D eigenvalue weighted by Crippen LogP contribution is 2.32. The number of benzene rings is 1. The largest absolute Gasteiger partial charge is 0.416 e. The van der Waals surface area contributed by atoms with Crippen molar-refractivity contribution in [3.63, 3.8) is 0 Å². The topological polar surface area (TPSA) is 51.0 Å². The van der Waals surface area contributed by atoms with Gasteiger partial charge in [-0.15, -0.1) is 0 Å². The number of halogens is 3. The third-order valence-corrected chi connectivity index (χ3v) is 3.80. The van der Waals surface area contributed by atoms with Gasteiger partial charge < -0.3 is 4.90 Å². The summed E-state index contributed by atoms with van der Waals surface area (Å²) >= 11 is 0. The minimum absolute atomic E-state index is 0.0320. The van der Waals surface area contributed by atoms with Crippen LogP contribution in [0.2, 0.25) is 0 Å². The summed E-state index contributed by atoms with van der Waals surface area (Å²) in [5.41, 5.74) is 1.36. The molecule has 0 saturated heterocycles. The van der Waals surface area contributed by atoms with Gasteiger partial charge in [-0.2, -0.15) is 18.3 Å². The summed E-state index contributed by atoms with van der Waals surface area (Å²) in [6.07, 6.45) is -1.39. The molecule has 5 nitrogen and oxygen atoms in total. The van der Waals surface area contributed by atoms with E-state index in [1.807, 2.05) is 0 Å². The molecule has 0 atom stereocenters. The molecule has 0 aliphatic rings. The number of carbonyl (C=O) groups excluding carboxylic acids is 1. The summed E-state index contributed by atoms with van der Waals surface area (Å²) in [5, 5.41) is 4.14. The van der Waals surface area contributed by atoms with Gasteiger partial charge in [0.15, 0.2) is 0 Å². The third-order valence-electron chi connectivity index (χ3n) is 3.80. The Kier molecular flexibility index (Phi) is 4.20. The normalized spacial score (nSPS) is 11.7. The molecule has 0 fully saturated rings. The van der Waals surface area contributed by atoms with Crippen molar-refractivity contribution in [1.29, 1.82) is 0 Å². The number of fused-ring (bicyclic) bond motifs is 1. The lowest BCUT2D eigenvalue weighted by molar-refractivity contribution is -0.137. The van der Waals surface area contributed by atoms with E-state index >= 15 is 0 Å². The van der Waals surface area contributed by atoms with Gasteiger partial charge in [-0.1, -0.05) is 12.1 Å². The van der Waals surface area contributed by atoms with Crippen LogP contribution in [0.3, 0.4) is 0 Å².